The first-order chi connectivity index (χ1) is 12.2. The molecule has 0 aromatic heterocycles. The Morgan fingerprint density at radius 1 is 1.04 bits per heavy atom. The molecule has 1 amide bonds. The third kappa shape index (κ3) is 3.98. The Labute approximate surface area is 147 Å². The van der Waals surface area contributed by atoms with Gasteiger partial charge >= 0.3 is 0 Å². The smallest absolute Gasteiger partial charge is 0.251 e. The van der Waals surface area contributed by atoms with E-state index in [-0.39, 0.29) is 25.1 Å². The fraction of sp³-hybridized carbons (Fsp3) is 0.190. The van der Waals surface area contributed by atoms with Crippen LogP contribution in [0.25, 0.3) is 10.8 Å². The van der Waals surface area contributed by atoms with E-state index in [0.717, 1.165) is 5.69 Å². The lowest BCUT2D eigenvalue weighted by Crippen LogP contribution is -2.26. The number of nitrogens with one attached hydrogen (secondary N) is 2. The van der Waals surface area contributed by atoms with E-state index >= 15 is 0 Å². The van der Waals surface area contributed by atoms with Gasteiger partial charge in [-0.05, 0) is 41.5 Å². The van der Waals surface area contributed by atoms with Gasteiger partial charge in [0, 0.05) is 23.8 Å². The summed E-state index contributed by atoms with van der Waals surface area (Å²) in [6, 6.07) is 22.1. The Bertz CT molecular complexity index is 871. The van der Waals surface area contributed by atoms with Gasteiger partial charge < -0.3 is 15.7 Å². The first-order valence-electron chi connectivity index (χ1n) is 8.42. The maximum absolute atomic E-state index is 12.0. The zero-order valence-corrected chi connectivity index (χ0v) is 14.2. The minimum absolute atomic E-state index is 0.0677. The van der Waals surface area contributed by atoms with Crippen molar-refractivity contribution in [2.75, 3.05) is 18.5 Å². The highest BCUT2D eigenvalue weighted by Gasteiger charge is 2.11. The minimum Gasteiger partial charge on any atom is -0.395 e. The number of aliphatic hydroxyl groups excluding tert-OH is 1. The average Bonchev–Trinajstić information content (AvgIpc) is 2.65. The molecule has 0 aliphatic carbocycles. The Morgan fingerprint density at radius 3 is 2.64 bits per heavy atom. The van der Waals surface area contributed by atoms with Crippen molar-refractivity contribution in [2.45, 2.75) is 13.0 Å². The molecular weight excluding hydrogens is 312 g/mol. The lowest BCUT2D eigenvalue weighted by atomic mass is 9.99. The molecule has 3 N–H and O–H groups in total. The highest BCUT2D eigenvalue weighted by atomic mass is 16.3. The molecule has 3 rings (SSSR count). The minimum atomic E-state index is -0.185. The van der Waals surface area contributed by atoms with Crippen molar-refractivity contribution in [1.82, 2.24) is 5.32 Å². The first kappa shape index (κ1) is 17.0. The maximum atomic E-state index is 12.0. The predicted molar refractivity (Wildman–Crippen MR) is 102 cm³/mol. The second-order valence-electron chi connectivity index (χ2n) is 5.99. The second-order valence-corrected chi connectivity index (χ2v) is 5.99. The van der Waals surface area contributed by atoms with Crippen molar-refractivity contribution in [3.8, 4) is 0 Å². The number of hydrogen-bond donors (Lipinski definition) is 3. The summed E-state index contributed by atoms with van der Waals surface area (Å²) in [7, 11) is 0. The molecule has 25 heavy (non-hydrogen) atoms. The van der Waals surface area contributed by atoms with E-state index in [4.69, 9.17) is 5.11 Å². The summed E-state index contributed by atoms with van der Waals surface area (Å²) in [5.41, 5.74) is 2.67. The third-order valence-corrected chi connectivity index (χ3v) is 4.20. The first-order valence-corrected chi connectivity index (χ1v) is 8.42. The molecule has 0 aliphatic heterocycles. The summed E-state index contributed by atoms with van der Waals surface area (Å²) in [5, 5.41) is 17.4. The van der Waals surface area contributed by atoms with Crippen LogP contribution in [-0.2, 0) is 0 Å². The summed E-state index contributed by atoms with van der Waals surface area (Å²) in [6.07, 6.45) is 0. The van der Waals surface area contributed by atoms with Gasteiger partial charge in [0.25, 0.3) is 5.91 Å². The van der Waals surface area contributed by atoms with Crippen molar-refractivity contribution in [2.24, 2.45) is 0 Å². The fourth-order valence-electron chi connectivity index (χ4n) is 2.98. The molecule has 4 heteroatoms. The fourth-order valence-corrected chi connectivity index (χ4v) is 2.98. The predicted octanol–water partition coefficient (Wildman–Crippen LogP) is 3.74. The van der Waals surface area contributed by atoms with Crippen molar-refractivity contribution in [1.29, 1.82) is 0 Å². The van der Waals surface area contributed by atoms with Crippen LogP contribution in [0, 0.1) is 0 Å². The molecule has 0 aliphatic rings. The second kappa shape index (κ2) is 7.81. The number of hydrogen-bond acceptors (Lipinski definition) is 3. The van der Waals surface area contributed by atoms with Crippen molar-refractivity contribution in [3.05, 3.63) is 77.9 Å². The molecule has 3 aromatic rings. The van der Waals surface area contributed by atoms with Crippen LogP contribution in [0.15, 0.2) is 66.7 Å². The number of aliphatic hydroxyl groups is 1. The van der Waals surface area contributed by atoms with Crippen LogP contribution in [-0.4, -0.2) is 24.2 Å². The van der Waals surface area contributed by atoms with Gasteiger partial charge in [-0.25, -0.2) is 0 Å². The molecule has 0 saturated carbocycles. The van der Waals surface area contributed by atoms with E-state index in [0.29, 0.717) is 5.56 Å². The van der Waals surface area contributed by atoms with Crippen LogP contribution >= 0.6 is 0 Å². The number of carbonyl (C=O) groups is 1. The van der Waals surface area contributed by atoms with E-state index in [1.165, 1.54) is 16.3 Å². The molecule has 0 saturated heterocycles. The van der Waals surface area contributed by atoms with Crippen LogP contribution in [0.2, 0.25) is 0 Å². The lowest BCUT2D eigenvalue weighted by Gasteiger charge is -2.18. The number of rotatable bonds is 6. The molecular formula is C21H22N2O2. The van der Waals surface area contributed by atoms with Gasteiger partial charge in [0.1, 0.15) is 0 Å². The Hall–Kier alpha value is -2.85. The summed E-state index contributed by atoms with van der Waals surface area (Å²) in [5.74, 6) is -0.185. The van der Waals surface area contributed by atoms with Crippen molar-refractivity contribution in [3.63, 3.8) is 0 Å². The SMILES string of the molecule is CC(Nc1cccc(C(=O)NCCO)c1)c1cccc2ccccc12. The monoisotopic (exact) mass is 334 g/mol. The van der Waals surface area contributed by atoms with E-state index in [1.807, 2.05) is 30.3 Å². The van der Waals surface area contributed by atoms with Crippen LogP contribution in [0.1, 0.15) is 28.9 Å². The molecule has 3 aromatic carbocycles. The molecule has 0 bridgehead atoms. The highest BCUT2D eigenvalue weighted by Crippen LogP contribution is 2.27. The standard InChI is InChI=1S/C21H22N2O2/c1-15(19-11-5-7-16-6-2-3-10-20(16)19)23-18-9-4-8-17(14-18)21(25)22-12-13-24/h2-11,14-15,23-24H,12-13H2,1H3,(H,22,25). The van der Waals surface area contributed by atoms with E-state index in [2.05, 4.69) is 47.9 Å². The van der Waals surface area contributed by atoms with Gasteiger partial charge in [-0.2, -0.15) is 0 Å². The molecule has 4 nitrogen and oxygen atoms in total. The number of amides is 1. The molecule has 0 fully saturated rings. The third-order valence-electron chi connectivity index (χ3n) is 4.20. The van der Waals surface area contributed by atoms with E-state index in [1.54, 1.807) is 6.07 Å². The van der Waals surface area contributed by atoms with Crippen LogP contribution < -0.4 is 10.6 Å². The van der Waals surface area contributed by atoms with Crippen LogP contribution in [0.5, 0.6) is 0 Å². The molecule has 1 unspecified atom stereocenters. The van der Waals surface area contributed by atoms with Gasteiger partial charge in [0.15, 0.2) is 0 Å². The number of anilines is 1. The quantitative estimate of drug-likeness (QED) is 0.643. The number of carbonyl (C=O) groups excluding carboxylic acids is 1. The zero-order valence-electron chi connectivity index (χ0n) is 14.2. The molecule has 128 valence electrons. The Balaban J connectivity index is 1.81. The van der Waals surface area contributed by atoms with E-state index < -0.39 is 0 Å². The van der Waals surface area contributed by atoms with E-state index in [9.17, 15) is 4.79 Å². The van der Waals surface area contributed by atoms with Crippen LogP contribution in [0.4, 0.5) is 5.69 Å². The van der Waals surface area contributed by atoms with Gasteiger partial charge in [-0.15, -0.1) is 0 Å². The lowest BCUT2D eigenvalue weighted by molar-refractivity contribution is 0.0945. The van der Waals surface area contributed by atoms with Crippen molar-refractivity contribution >= 4 is 22.4 Å². The average molecular weight is 334 g/mol. The van der Waals surface area contributed by atoms with Gasteiger partial charge in [0.05, 0.1) is 6.61 Å². The van der Waals surface area contributed by atoms with Gasteiger partial charge in [-0.3, -0.25) is 4.79 Å². The normalized spacial score (nSPS) is 11.9. The zero-order chi connectivity index (χ0) is 17.6. The summed E-state index contributed by atoms with van der Waals surface area (Å²) >= 11 is 0. The molecule has 0 heterocycles. The summed E-state index contributed by atoms with van der Waals surface area (Å²) < 4.78 is 0. The van der Waals surface area contributed by atoms with Crippen molar-refractivity contribution < 1.29 is 9.90 Å². The number of fused-ring (bicyclic) bond motifs is 1. The maximum Gasteiger partial charge on any atom is 0.251 e. The van der Waals surface area contributed by atoms with Crippen LogP contribution in [0.3, 0.4) is 0 Å². The Morgan fingerprint density at radius 2 is 1.80 bits per heavy atom. The summed E-state index contributed by atoms with van der Waals surface area (Å²) in [4.78, 5) is 12.0. The summed E-state index contributed by atoms with van der Waals surface area (Å²) in [6.45, 7) is 2.30. The number of benzene rings is 3. The van der Waals surface area contributed by atoms with Gasteiger partial charge in [0.2, 0.25) is 0 Å². The Kier molecular flexibility index (Phi) is 5.31. The van der Waals surface area contributed by atoms with Gasteiger partial charge in [-0.1, -0.05) is 48.5 Å². The highest BCUT2D eigenvalue weighted by molar-refractivity contribution is 5.95. The molecule has 0 radical (unpaired) electrons. The topological polar surface area (TPSA) is 61.4 Å². The molecule has 1 atom stereocenters. The molecule has 0 spiro atoms. The largest absolute Gasteiger partial charge is 0.395 e.